The van der Waals surface area contributed by atoms with E-state index in [4.69, 9.17) is 14.5 Å². The molecular weight excluding hydrogens is 749 g/mol. The summed E-state index contributed by atoms with van der Waals surface area (Å²) in [5, 5.41) is 3.15. The summed E-state index contributed by atoms with van der Waals surface area (Å²) in [6.45, 7) is 21.4. The van der Waals surface area contributed by atoms with Crippen LogP contribution >= 0.6 is 23.1 Å². The van der Waals surface area contributed by atoms with Crippen molar-refractivity contribution in [3.8, 4) is 5.75 Å². The van der Waals surface area contributed by atoms with Crippen LogP contribution in [-0.2, 0) is 4.79 Å². The number of rotatable bonds is 7. The number of carbonyl (C=O) groups is 2. The number of thioether (sulfide) groups is 1. The molecule has 214 valence electrons. The minimum atomic E-state index is 0. The third-order valence-electron chi connectivity index (χ3n) is 5.62. The molecule has 0 saturated carbocycles. The van der Waals surface area contributed by atoms with Crippen molar-refractivity contribution in [3.63, 3.8) is 0 Å². The average Bonchev–Trinajstić information content (AvgIpc) is 3.35. The van der Waals surface area contributed by atoms with Crippen LogP contribution in [0.25, 0.3) is 10.6 Å². The standard InChI is InChI=1S/C21H23NO2S2.C6H13.C3H7.C2H4O.U/c1-13-5-6-14(2)22-21(18-11-16(24-4)8-9-17(13)18)25-12-19(23)20-10-7-15(3)26-20;1-4-6(3)5-2;1-3-2;1-2-3;/h7-11H,5-6,12H2,1-4H3;6H,1,4-5H2,2-3H3;1,3H2,2H3;2H,1H3;/q;2*-1;;+2/b17-13+,21-18+,22-14-;;;;. The predicted molar refractivity (Wildman–Crippen MR) is 170 cm³/mol. The quantitative estimate of drug-likeness (QED) is 0.163. The molecule has 1 aliphatic heterocycles. The SMILES string of the molecule is CC=O.COc1ccc2/c(c1)=C(SCC(=O)c1ccc(C)s1)\N=C(\C)CC/C=2C.[CH2-]CC.[CH2-]CC(C)CC.[U+2]. The van der Waals surface area contributed by atoms with Gasteiger partial charge in [0.15, 0.2) is 5.78 Å². The van der Waals surface area contributed by atoms with Gasteiger partial charge in [0.1, 0.15) is 17.1 Å². The Labute approximate surface area is 269 Å². The number of benzene rings is 1. The van der Waals surface area contributed by atoms with Gasteiger partial charge in [-0.2, -0.15) is 12.8 Å². The number of aldehydes is 1. The number of aliphatic imine (C=N–C) groups is 1. The zero-order valence-corrected chi connectivity index (χ0v) is 31.0. The number of hydrogen-bond acceptors (Lipinski definition) is 6. The summed E-state index contributed by atoms with van der Waals surface area (Å²) < 4.78 is 5.41. The Morgan fingerprint density at radius 2 is 1.74 bits per heavy atom. The van der Waals surface area contributed by atoms with E-state index in [1.54, 1.807) is 18.4 Å². The van der Waals surface area contributed by atoms with Crippen molar-refractivity contribution in [1.82, 2.24) is 0 Å². The Bertz CT molecular complexity index is 1130. The molecule has 0 fully saturated rings. The van der Waals surface area contributed by atoms with Crippen molar-refractivity contribution < 1.29 is 45.4 Å². The van der Waals surface area contributed by atoms with Crippen LogP contribution in [0.4, 0.5) is 0 Å². The van der Waals surface area contributed by atoms with E-state index >= 15 is 0 Å². The maximum absolute atomic E-state index is 12.5. The van der Waals surface area contributed by atoms with E-state index in [-0.39, 0.29) is 36.9 Å². The van der Waals surface area contributed by atoms with Crippen LogP contribution in [0.1, 0.15) is 88.2 Å². The van der Waals surface area contributed by atoms with E-state index in [1.165, 1.54) is 35.9 Å². The Morgan fingerprint density at radius 1 is 1.13 bits per heavy atom. The second-order valence-corrected chi connectivity index (χ2v) is 11.3. The van der Waals surface area contributed by atoms with Gasteiger partial charge in [0, 0.05) is 15.8 Å². The van der Waals surface area contributed by atoms with Gasteiger partial charge in [0.25, 0.3) is 0 Å². The molecule has 2 aromatic rings. The van der Waals surface area contributed by atoms with Gasteiger partial charge in [-0.1, -0.05) is 56.5 Å². The van der Waals surface area contributed by atoms with Gasteiger partial charge < -0.3 is 23.4 Å². The fraction of sp³-hybridized carbons (Fsp3) is 0.469. The monoisotopic (exact) mass is 795 g/mol. The molecule has 0 aliphatic carbocycles. The molecule has 4 nitrogen and oxygen atoms in total. The largest absolute Gasteiger partial charge is 2.00 e. The van der Waals surface area contributed by atoms with Gasteiger partial charge in [-0.15, -0.1) is 11.3 Å². The van der Waals surface area contributed by atoms with Gasteiger partial charge in [-0.25, -0.2) is 0 Å². The van der Waals surface area contributed by atoms with Gasteiger partial charge in [0.2, 0.25) is 0 Å². The van der Waals surface area contributed by atoms with Gasteiger partial charge in [-0.3, -0.25) is 9.79 Å². The molecule has 1 atom stereocenters. The van der Waals surface area contributed by atoms with E-state index in [9.17, 15) is 4.79 Å². The average molecular weight is 796 g/mol. The Morgan fingerprint density at radius 3 is 2.21 bits per heavy atom. The molecule has 1 aliphatic rings. The normalized spacial score (nSPS) is 16.7. The summed E-state index contributed by atoms with van der Waals surface area (Å²) in [7, 11) is 1.67. The number of ketones is 1. The maximum atomic E-state index is 12.5. The molecule has 3 rings (SSSR count). The molecule has 0 amide bonds. The van der Waals surface area contributed by atoms with Crippen LogP contribution in [0.2, 0.25) is 0 Å². The van der Waals surface area contributed by atoms with Gasteiger partial charge in [0.05, 0.1) is 17.7 Å². The van der Waals surface area contributed by atoms with Crippen molar-refractivity contribution in [2.45, 2.75) is 80.6 Å². The summed E-state index contributed by atoms with van der Waals surface area (Å²) in [6, 6.07) is 10.0. The number of ether oxygens (including phenoxy) is 1. The number of nitrogens with zero attached hydrogens (tertiary/aromatic N) is 1. The molecule has 0 bridgehead atoms. The molecule has 0 spiro atoms. The second kappa shape index (κ2) is 23.6. The fourth-order valence-electron chi connectivity index (χ4n) is 3.10. The van der Waals surface area contributed by atoms with E-state index in [1.807, 2.05) is 38.1 Å². The van der Waals surface area contributed by atoms with Crippen LogP contribution in [-0.4, -0.2) is 30.6 Å². The molecule has 39 heavy (non-hydrogen) atoms. The molecule has 0 radical (unpaired) electrons. The molecular formula is C32H47NO3S2U. The van der Waals surface area contributed by atoms with Crippen molar-refractivity contribution in [2.75, 3.05) is 12.9 Å². The molecule has 1 aromatic carbocycles. The van der Waals surface area contributed by atoms with Crippen LogP contribution in [0.5, 0.6) is 5.75 Å². The number of Topliss-reactive ketones (excluding diaryl/α,β-unsaturated/α-hetero) is 1. The van der Waals surface area contributed by atoms with E-state index in [2.05, 4.69) is 47.6 Å². The smallest absolute Gasteiger partial charge is 0.497 e. The number of aryl methyl sites for hydroxylation is 1. The number of fused-ring (bicyclic) bond motifs is 1. The molecule has 0 N–H and O–H groups in total. The zero-order chi connectivity index (χ0) is 29.1. The molecule has 1 unspecified atom stereocenters. The third kappa shape index (κ3) is 16.0. The zero-order valence-electron chi connectivity index (χ0n) is 25.2. The van der Waals surface area contributed by atoms with E-state index in [0.717, 1.165) is 69.4 Å². The third-order valence-corrected chi connectivity index (χ3v) is 7.65. The van der Waals surface area contributed by atoms with Gasteiger partial charge in [-0.05, 0) is 70.0 Å². The minimum absolute atomic E-state index is 0. The topological polar surface area (TPSA) is 55.7 Å². The number of carbonyl (C=O) groups excluding carboxylic acids is 2. The summed E-state index contributed by atoms with van der Waals surface area (Å²) in [6.07, 6.45) is 6.04. The molecule has 7 heteroatoms. The summed E-state index contributed by atoms with van der Waals surface area (Å²) in [5.41, 5.74) is 2.44. The Hall–Kier alpha value is -1.13. The first kappa shape index (κ1) is 40.0. The molecule has 2 heterocycles. The van der Waals surface area contributed by atoms with Crippen LogP contribution in [0, 0.1) is 57.8 Å². The Kier molecular flexibility index (Phi) is 24.2. The predicted octanol–water partition coefficient (Wildman–Crippen LogP) is 7.86. The second-order valence-electron chi connectivity index (χ2n) is 9.00. The summed E-state index contributed by atoms with van der Waals surface area (Å²) in [5.74, 6) is 2.18. The fourth-order valence-corrected chi connectivity index (χ4v) is 4.96. The van der Waals surface area contributed by atoms with Crippen molar-refractivity contribution in [1.29, 1.82) is 0 Å². The van der Waals surface area contributed by atoms with E-state index in [0.29, 0.717) is 5.75 Å². The van der Waals surface area contributed by atoms with Crippen LogP contribution in [0.15, 0.2) is 35.3 Å². The van der Waals surface area contributed by atoms with Crippen LogP contribution in [0.3, 0.4) is 0 Å². The van der Waals surface area contributed by atoms with Crippen molar-refractivity contribution in [2.24, 2.45) is 10.9 Å². The van der Waals surface area contributed by atoms with E-state index < -0.39 is 0 Å². The molecule has 1 aromatic heterocycles. The van der Waals surface area contributed by atoms with Crippen molar-refractivity contribution >= 4 is 51.5 Å². The summed E-state index contributed by atoms with van der Waals surface area (Å²) >= 11 is 3.07. The van der Waals surface area contributed by atoms with Crippen molar-refractivity contribution in [3.05, 3.63) is 64.4 Å². The van der Waals surface area contributed by atoms with Gasteiger partial charge >= 0.3 is 31.1 Å². The van der Waals surface area contributed by atoms with Crippen LogP contribution < -0.4 is 15.2 Å². The summed E-state index contributed by atoms with van der Waals surface area (Å²) in [4.78, 5) is 28.1. The first-order valence-electron chi connectivity index (χ1n) is 13.2. The first-order valence-corrected chi connectivity index (χ1v) is 15.0. The number of methoxy groups -OCH3 is 1. The Balaban J connectivity index is 0. The number of hydrogen-bond donors (Lipinski definition) is 0. The molecule has 0 saturated heterocycles. The number of thiophene rings is 1. The maximum Gasteiger partial charge on any atom is 2.00 e. The first-order chi connectivity index (χ1) is 18.1. The minimum Gasteiger partial charge on any atom is -0.497 e.